The van der Waals surface area contributed by atoms with E-state index in [4.69, 9.17) is 5.73 Å². The molecule has 0 bridgehead atoms. The van der Waals surface area contributed by atoms with Crippen LogP contribution < -0.4 is 5.73 Å². The quantitative estimate of drug-likeness (QED) is 0.795. The van der Waals surface area contributed by atoms with Crippen molar-refractivity contribution in [3.05, 3.63) is 35.4 Å². The van der Waals surface area contributed by atoms with Crippen LogP contribution in [0.5, 0.6) is 0 Å². The molecule has 0 spiro atoms. The van der Waals surface area contributed by atoms with Gasteiger partial charge in [0.1, 0.15) is 0 Å². The second-order valence-electron chi connectivity index (χ2n) is 4.35. The molecule has 3 heteroatoms. The lowest BCUT2D eigenvalue weighted by Crippen LogP contribution is -2.13. The molecular formula is C13H19NO2. The number of hydrogen-bond donors (Lipinski definition) is 1. The molecule has 1 rings (SSSR count). The minimum absolute atomic E-state index is 0.0235. The molecule has 88 valence electrons. The van der Waals surface area contributed by atoms with Crippen LogP contribution in [0.2, 0.25) is 0 Å². The lowest BCUT2D eigenvalue weighted by Gasteiger charge is -2.14. The van der Waals surface area contributed by atoms with Crippen LogP contribution in [0, 0.1) is 5.92 Å². The molecule has 1 atom stereocenters. The smallest absolute Gasteiger partial charge is 0.337 e. The van der Waals surface area contributed by atoms with Gasteiger partial charge in [-0.15, -0.1) is 0 Å². The molecule has 0 aliphatic rings. The van der Waals surface area contributed by atoms with Gasteiger partial charge < -0.3 is 10.5 Å². The van der Waals surface area contributed by atoms with Crippen molar-refractivity contribution in [2.45, 2.75) is 26.3 Å². The van der Waals surface area contributed by atoms with Gasteiger partial charge in [0.05, 0.1) is 12.7 Å². The maximum atomic E-state index is 11.3. The Balaban J connectivity index is 2.85. The average Bonchev–Trinajstić information content (AvgIpc) is 2.27. The van der Waals surface area contributed by atoms with Gasteiger partial charge in [-0.05, 0) is 30.0 Å². The van der Waals surface area contributed by atoms with Gasteiger partial charge in [0.2, 0.25) is 0 Å². The zero-order valence-electron chi connectivity index (χ0n) is 10.1. The summed E-state index contributed by atoms with van der Waals surface area (Å²) in [7, 11) is 1.38. The predicted octanol–water partition coefficient (Wildman–Crippen LogP) is 2.52. The van der Waals surface area contributed by atoms with Crippen molar-refractivity contribution >= 4 is 5.97 Å². The molecule has 0 saturated heterocycles. The number of nitrogens with two attached hydrogens (primary N) is 1. The maximum absolute atomic E-state index is 11.3. The minimum Gasteiger partial charge on any atom is -0.465 e. The van der Waals surface area contributed by atoms with Crippen LogP contribution in [-0.2, 0) is 4.74 Å². The lowest BCUT2D eigenvalue weighted by molar-refractivity contribution is 0.0600. The summed E-state index contributed by atoms with van der Waals surface area (Å²) in [4.78, 5) is 11.3. The summed E-state index contributed by atoms with van der Waals surface area (Å²) >= 11 is 0. The minimum atomic E-state index is -0.321. The Hall–Kier alpha value is -1.35. The topological polar surface area (TPSA) is 52.3 Å². The highest BCUT2D eigenvalue weighted by Crippen LogP contribution is 2.19. The number of carbonyl (C=O) groups excluding carboxylic acids is 1. The second kappa shape index (κ2) is 5.66. The molecule has 0 aliphatic carbocycles. The van der Waals surface area contributed by atoms with Crippen molar-refractivity contribution in [1.82, 2.24) is 0 Å². The summed E-state index contributed by atoms with van der Waals surface area (Å²) in [6.07, 6.45) is 0.907. The molecule has 0 fully saturated rings. The molecule has 2 N–H and O–H groups in total. The van der Waals surface area contributed by atoms with Gasteiger partial charge in [-0.2, -0.15) is 0 Å². The van der Waals surface area contributed by atoms with E-state index in [-0.39, 0.29) is 12.0 Å². The van der Waals surface area contributed by atoms with Gasteiger partial charge in [0, 0.05) is 6.04 Å². The molecule has 0 aliphatic heterocycles. The molecule has 0 amide bonds. The fourth-order valence-corrected chi connectivity index (χ4v) is 1.66. The Morgan fingerprint density at radius 1 is 1.44 bits per heavy atom. The van der Waals surface area contributed by atoms with Crippen molar-refractivity contribution in [1.29, 1.82) is 0 Å². The van der Waals surface area contributed by atoms with E-state index in [2.05, 4.69) is 18.6 Å². The van der Waals surface area contributed by atoms with Gasteiger partial charge in [-0.3, -0.25) is 0 Å². The van der Waals surface area contributed by atoms with E-state index < -0.39 is 0 Å². The van der Waals surface area contributed by atoms with Crippen molar-refractivity contribution in [2.75, 3.05) is 7.11 Å². The Bertz CT molecular complexity index is 361. The fourth-order valence-electron chi connectivity index (χ4n) is 1.66. The first-order valence-corrected chi connectivity index (χ1v) is 5.48. The number of benzene rings is 1. The van der Waals surface area contributed by atoms with Gasteiger partial charge >= 0.3 is 5.97 Å². The SMILES string of the molecule is COC(=O)c1cccc([C@@H](N)CC(C)C)c1. The standard InChI is InChI=1S/C13H19NO2/c1-9(2)7-12(14)10-5-4-6-11(8-10)13(15)16-3/h4-6,8-9,12H,7,14H2,1-3H3/t12-/m0/s1. The van der Waals surface area contributed by atoms with E-state index in [0.717, 1.165) is 12.0 Å². The van der Waals surface area contributed by atoms with E-state index in [9.17, 15) is 4.79 Å². The third-order valence-corrected chi connectivity index (χ3v) is 2.46. The highest BCUT2D eigenvalue weighted by molar-refractivity contribution is 5.89. The first kappa shape index (κ1) is 12.7. The molecule has 3 nitrogen and oxygen atoms in total. The monoisotopic (exact) mass is 221 g/mol. The lowest BCUT2D eigenvalue weighted by atomic mass is 9.96. The van der Waals surface area contributed by atoms with Crippen LogP contribution in [0.15, 0.2) is 24.3 Å². The predicted molar refractivity (Wildman–Crippen MR) is 64.2 cm³/mol. The summed E-state index contributed by atoms with van der Waals surface area (Å²) in [6, 6.07) is 7.29. The largest absolute Gasteiger partial charge is 0.465 e. The van der Waals surface area contributed by atoms with E-state index in [1.807, 2.05) is 12.1 Å². The Morgan fingerprint density at radius 3 is 2.69 bits per heavy atom. The summed E-state index contributed by atoms with van der Waals surface area (Å²) < 4.78 is 4.67. The Morgan fingerprint density at radius 2 is 2.12 bits per heavy atom. The number of esters is 1. The molecule has 1 aromatic rings. The van der Waals surface area contributed by atoms with Crippen LogP contribution in [0.1, 0.15) is 42.2 Å². The van der Waals surface area contributed by atoms with Crippen molar-refractivity contribution < 1.29 is 9.53 Å². The van der Waals surface area contributed by atoms with Crippen LogP contribution in [-0.4, -0.2) is 13.1 Å². The molecule has 1 aromatic carbocycles. The molecule has 16 heavy (non-hydrogen) atoms. The van der Waals surface area contributed by atoms with Crippen LogP contribution in [0.3, 0.4) is 0 Å². The molecule has 0 saturated carbocycles. The molecule has 0 unspecified atom stereocenters. The molecule has 0 radical (unpaired) electrons. The van der Waals surface area contributed by atoms with E-state index in [0.29, 0.717) is 11.5 Å². The summed E-state index contributed by atoms with van der Waals surface area (Å²) in [6.45, 7) is 4.26. The van der Waals surface area contributed by atoms with Gasteiger partial charge in [-0.1, -0.05) is 26.0 Å². The molecular weight excluding hydrogens is 202 g/mol. The summed E-state index contributed by atoms with van der Waals surface area (Å²) in [5, 5.41) is 0. The number of hydrogen-bond acceptors (Lipinski definition) is 3. The summed E-state index contributed by atoms with van der Waals surface area (Å²) in [5.74, 6) is 0.218. The zero-order valence-corrected chi connectivity index (χ0v) is 10.1. The van der Waals surface area contributed by atoms with Gasteiger partial charge in [0.25, 0.3) is 0 Å². The van der Waals surface area contributed by atoms with E-state index in [1.54, 1.807) is 12.1 Å². The average molecular weight is 221 g/mol. The number of carbonyl (C=O) groups is 1. The molecule has 0 aromatic heterocycles. The number of ether oxygens (including phenoxy) is 1. The first-order valence-electron chi connectivity index (χ1n) is 5.48. The van der Waals surface area contributed by atoms with Crippen molar-refractivity contribution in [3.8, 4) is 0 Å². The van der Waals surface area contributed by atoms with Crippen molar-refractivity contribution in [3.63, 3.8) is 0 Å². The Labute approximate surface area is 96.6 Å². The number of rotatable bonds is 4. The highest BCUT2D eigenvalue weighted by atomic mass is 16.5. The normalized spacial score (nSPS) is 12.6. The van der Waals surface area contributed by atoms with Crippen LogP contribution >= 0.6 is 0 Å². The summed E-state index contributed by atoms with van der Waals surface area (Å²) in [5.41, 5.74) is 7.59. The van der Waals surface area contributed by atoms with Crippen LogP contribution in [0.4, 0.5) is 0 Å². The maximum Gasteiger partial charge on any atom is 0.337 e. The first-order chi connectivity index (χ1) is 7.54. The van der Waals surface area contributed by atoms with E-state index >= 15 is 0 Å². The third-order valence-electron chi connectivity index (χ3n) is 2.46. The zero-order chi connectivity index (χ0) is 12.1. The van der Waals surface area contributed by atoms with E-state index in [1.165, 1.54) is 7.11 Å². The number of methoxy groups -OCH3 is 1. The fraction of sp³-hybridized carbons (Fsp3) is 0.462. The van der Waals surface area contributed by atoms with Gasteiger partial charge in [0.15, 0.2) is 0 Å². The van der Waals surface area contributed by atoms with Crippen molar-refractivity contribution in [2.24, 2.45) is 11.7 Å². The Kier molecular flexibility index (Phi) is 4.50. The molecule has 0 heterocycles. The van der Waals surface area contributed by atoms with Crippen LogP contribution in [0.25, 0.3) is 0 Å². The highest BCUT2D eigenvalue weighted by Gasteiger charge is 2.11. The second-order valence-corrected chi connectivity index (χ2v) is 4.35. The third kappa shape index (κ3) is 3.35. The van der Waals surface area contributed by atoms with Gasteiger partial charge in [-0.25, -0.2) is 4.79 Å².